The van der Waals surface area contributed by atoms with Crippen molar-refractivity contribution < 1.29 is 9.59 Å². The zero-order valence-corrected chi connectivity index (χ0v) is 15.1. The van der Waals surface area contributed by atoms with Crippen LogP contribution in [0, 0.1) is 26.7 Å². The molecule has 0 heterocycles. The van der Waals surface area contributed by atoms with Gasteiger partial charge in [-0.2, -0.15) is 0 Å². The van der Waals surface area contributed by atoms with Gasteiger partial charge in [0.2, 0.25) is 0 Å². The monoisotopic (exact) mass is 318 g/mol. The van der Waals surface area contributed by atoms with Crippen molar-refractivity contribution in [2.24, 2.45) is 5.92 Å². The summed E-state index contributed by atoms with van der Waals surface area (Å²) in [6, 6.07) is 4.00. The van der Waals surface area contributed by atoms with Gasteiger partial charge in [0, 0.05) is 12.2 Å². The summed E-state index contributed by atoms with van der Waals surface area (Å²) < 4.78 is 0. The smallest absolute Gasteiger partial charge is 0.313 e. The molecule has 0 aromatic heterocycles. The Morgan fingerprint density at radius 2 is 1.65 bits per heavy atom. The first-order valence-corrected chi connectivity index (χ1v) is 8.56. The van der Waals surface area contributed by atoms with Crippen molar-refractivity contribution in [3.8, 4) is 0 Å². The Bertz CT molecular complexity index is 529. The van der Waals surface area contributed by atoms with Crippen LogP contribution in [0.1, 0.15) is 56.2 Å². The lowest BCUT2D eigenvalue weighted by Gasteiger charge is -2.16. The molecule has 4 heteroatoms. The van der Waals surface area contributed by atoms with Gasteiger partial charge in [-0.15, -0.1) is 0 Å². The number of carbonyl (C=O) groups is 2. The number of hydrogen-bond acceptors (Lipinski definition) is 2. The van der Waals surface area contributed by atoms with Crippen molar-refractivity contribution in [1.29, 1.82) is 0 Å². The largest absolute Gasteiger partial charge is 0.348 e. The Morgan fingerprint density at radius 1 is 1.04 bits per heavy atom. The van der Waals surface area contributed by atoms with E-state index in [1.165, 1.54) is 0 Å². The SMILES string of the molecule is CCCC[C@H](CC)CNC(=O)C(=O)Nc1c(C)cc(C)cc1C. The minimum absolute atomic E-state index is 0.439. The number of hydrogen-bond donors (Lipinski definition) is 2. The molecule has 0 saturated carbocycles. The summed E-state index contributed by atoms with van der Waals surface area (Å²) in [6.07, 6.45) is 4.41. The van der Waals surface area contributed by atoms with Crippen LogP contribution in [-0.4, -0.2) is 18.4 Å². The van der Waals surface area contributed by atoms with Crippen LogP contribution in [0.15, 0.2) is 12.1 Å². The van der Waals surface area contributed by atoms with Crippen LogP contribution in [0.5, 0.6) is 0 Å². The minimum atomic E-state index is -0.592. The van der Waals surface area contributed by atoms with E-state index >= 15 is 0 Å². The number of benzene rings is 1. The fourth-order valence-electron chi connectivity index (χ4n) is 2.81. The Morgan fingerprint density at radius 3 is 2.17 bits per heavy atom. The number of rotatable bonds is 7. The highest BCUT2D eigenvalue weighted by Crippen LogP contribution is 2.21. The highest BCUT2D eigenvalue weighted by Gasteiger charge is 2.17. The van der Waals surface area contributed by atoms with Gasteiger partial charge in [0.25, 0.3) is 0 Å². The Labute approximate surface area is 140 Å². The molecule has 2 amide bonds. The maximum Gasteiger partial charge on any atom is 0.313 e. The first-order chi connectivity index (χ1) is 10.9. The molecule has 0 aliphatic carbocycles. The zero-order chi connectivity index (χ0) is 17.4. The van der Waals surface area contributed by atoms with E-state index in [0.29, 0.717) is 12.5 Å². The van der Waals surface area contributed by atoms with Gasteiger partial charge in [-0.3, -0.25) is 9.59 Å². The Kier molecular flexibility index (Phi) is 7.79. The molecule has 0 aliphatic heterocycles. The van der Waals surface area contributed by atoms with Gasteiger partial charge in [0.15, 0.2) is 0 Å². The van der Waals surface area contributed by atoms with E-state index in [0.717, 1.165) is 48.1 Å². The molecule has 128 valence electrons. The third-order valence-corrected chi connectivity index (χ3v) is 4.22. The van der Waals surface area contributed by atoms with Crippen LogP contribution in [0.25, 0.3) is 0 Å². The number of carbonyl (C=O) groups excluding carboxylic acids is 2. The average molecular weight is 318 g/mol. The molecule has 23 heavy (non-hydrogen) atoms. The van der Waals surface area contributed by atoms with Crippen molar-refractivity contribution in [3.63, 3.8) is 0 Å². The van der Waals surface area contributed by atoms with Crippen molar-refractivity contribution in [3.05, 3.63) is 28.8 Å². The molecular weight excluding hydrogens is 288 g/mol. The normalized spacial score (nSPS) is 11.9. The topological polar surface area (TPSA) is 58.2 Å². The molecule has 0 fully saturated rings. The molecule has 1 atom stereocenters. The van der Waals surface area contributed by atoms with Crippen LogP contribution in [-0.2, 0) is 9.59 Å². The summed E-state index contributed by atoms with van der Waals surface area (Å²) in [7, 11) is 0. The third-order valence-electron chi connectivity index (χ3n) is 4.22. The van der Waals surface area contributed by atoms with Crippen LogP contribution in [0.3, 0.4) is 0 Å². The number of amides is 2. The Hall–Kier alpha value is -1.84. The lowest BCUT2D eigenvalue weighted by atomic mass is 9.99. The van der Waals surface area contributed by atoms with Crippen LogP contribution in [0.4, 0.5) is 5.69 Å². The van der Waals surface area contributed by atoms with Gasteiger partial charge in [-0.25, -0.2) is 0 Å². The standard InChI is InChI=1S/C19H30N2O2/c1-6-8-9-16(7-2)12-20-18(22)19(23)21-17-14(4)10-13(3)11-15(17)5/h10-11,16H,6-9,12H2,1-5H3,(H,20,22)(H,21,23)/t16-/m0/s1. The summed E-state index contributed by atoms with van der Waals surface area (Å²) in [4.78, 5) is 24.1. The minimum Gasteiger partial charge on any atom is -0.348 e. The molecule has 4 nitrogen and oxygen atoms in total. The molecule has 0 radical (unpaired) electrons. The van der Waals surface area contributed by atoms with Crippen molar-refractivity contribution in [2.75, 3.05) is 11.9 Å². The van der Waals surface area contributed by atoms with E-state index < -0.39 is 11.8 Å². The number of unbranched alkanes of at least 4 members (excludes halogenated alkanes) is 1. The molecule has 1 aromatic rings. The molecule has 0 unspecified atom stereocenters. The van der Waals surface area contributed by atoms with Crippen LogP contribution < -0.4 is 10.6 Å². The van der Waals surface area contributed by atoms with Crippen molar-refractivity contribution >= 4 is 17.5 Å². The maximum absolute atomic E-state index is 12.1. The van der Waals surface area contributed by atoms with E-state index in [9.17, 15) is 9.59 Å². The number of anilines is 1. The average Bonchev–Trinajstić information content (AvgIpc) is 2.50. The van der Waals surface area contributed by atoms with Crippen LogP contribution >= 0.6 is 0 Å². The summed E-state index contributed by atoms with van der Waals surface area (Å²) in [5, 5.41) is 5.50. The van der Waals surface area contributed by atoms with Crippen molar-refractivity contribution in [2.45, 2.75) is 60.3 Å². The maximum atomic E-state index is 12.1. The molecule has 0 saturated heterocycles. The summed E-state index contributed by atoms with van der Waals surface area (Å²) in [5.41, 5.74) is 3.81. The Balaban J connectivity index is 2.59. The first kappa shape index (κ1) is 19.2. The van der Waals surface area contributed by atoms with Gasteiger partial charge in [0.1, 0.15) is 0 Å². The fraction of sp³-hybridized carbons (Fsp3) is 0.579. The molecule has 0 bridgehead atoms. The predicted molar refractivity (Wildman–Crippen MR) is 95.6 cm³/mol. The fourth-order valence-corrected chi connectivity index (χ4v) is 2.81. The van der Waals surface area contributed by atoms with Gasteiger partial charge in [-0.1, -0.05) is 50.8 Å². The molecular formula is C19H30N2O2. The van der Waals surface area contributed by atoms with Gasteiger partial charge in [-0.05, 0) is 44.2 Å². The number of aryl methyl sites for hydroxylation is 3. The van der Waals surface area contributed by atoms with Gasteiger partial charge in [0.05, 0.1) is 0 Å². The highest BCUT2D eigenvalue weighted by molar-refractivity contribution is 6.39. The predicted octanol–water partition coefficient (Wildman–Crippen LogP) is 3.88. The molecule has 0 spiro atoms. The molecule has 1 aromatic carbocycles. The van der Waals surface area contributed by atoms with E-state index in [1.54, 1.807) is 0 Å². The number of nitrogens with one attached hydrogen (secondary N) is 2. The van der Waals surface area contributed by atoms with Crippen molar-refractivity contribution in [1.82, 2.24) is 5.32 Å². The quantitative estimate of drug-likeness (QED) is 0.750. The second-order valence-corrected chi connectivity index (χ2v) is 6.35. The second kappa shape index (κ2) is 9.33. The molecule has 1 rings (SSSR count). The molecule has 0 aliphatic rings. The summed E-state index contributed by atoms with van der Waals surface area (Å²) in [5.74, 6) is -0.709. The lowest BCUT2D eigenvalue weighted by molar-refractivity contribution is -0.136. The third kappa shape index (κ3) is 6.05. The van der Waals surface area contributed by atoms with E-state index in [1.807, 2.05) is 32.9 Å². The van der Waals surface area contributed by atoms with Crippen LogP contribution in [0.2, 0.25) is 0 Å². The second-order valence-electron chi connectivity index (χ2n) is 6.35. The van der Waals surface area contributed by atoms with Gasteiger partial charge < -0.3 is 10.6 Å². The lowest BCUT2D eigenvalue weighted by Crippen LogP contribution is -2.38. The van der Waals surface area contributed by atoms with E-state index in [2.05, 4.69) is 24.5 Å². The first-order valence-electron chi connectivity index (χ1n) is 8.56. The summed E-state index contributed by atoms with van der Waals surface area (Å²) in [6.45, 7) is 10.7. The van der Waals surface area contributed by atoms with Gasteiger partial charge >= 0.3 is 11.8 Å². The van der Waals surface area contributed by atoms with E-state index in [-0.39, 0.29) is 0 Å². The summed E-state index contributed by atoms with van der Waals surface area (Å²) >= 11 is 0. The highest BCUT2D eigenvalue weighted by atomic mass is 16.2. The zero-order valence-electron chi connectivity index (χ0n) is 15.1. The van der Waals surface area contributed by atoms with E-state index in [4.69, 9.17) is 0 Å². The molecule has 2 N–H and O–H groups in total.